The summed E-state index contributed by atoms with van der Waals surface area (Å²) >= 11 is 1.40. The highest BCUT2D eigenvalue weighted by molar-refractivity contribution is 7.23. The standard InChI is InChI=1S/C23H19N3O5S/c1-14-22(29)25(16-6-2-4-8-18(16)31-14)11-10-21(28)30-13-15-12-20(27)26-17-7-3-5-9-19(17)32-23(26)24-15/h2-9,12,14H,10-11,13H2,1H3/t14-/m0/s1. The van der Waals surface area contributed by atoms with Crippen LogP contribution in [0.4, 0.5) is 5.69 Å². The van der Waals surface area contributed by atoms with Gasteiger partial charge in [-0.2, -0.15) is 0 Å². The quantitative estimate of drug-likeness (QED) is 0.435. The van der Waals surface area contributed by atoms with Crippen molar-refractivity contribution in [2.24, 2.45) is 0 Å². The van der Waals surface area contributed by atoms with Gasteiger partial charge in [0.2, 0.25) is 0 Å². The van der Waals surface area contributed by atoms with E-state index in [1.54, 1.807) is 28.4 Å². The van der Waals surface area contributed by atoms with Gasteiger partial charge in [-0.25, -0.2) is 4.98 Å². The lowest BCUT2D eigenvalue weighted by Gasteiger charge is -2.32. The molecule has 1 atom stereocenters. The first-order chi connectivity index (χ1) is 15.5. The van der Waals surface area contributed by atoms with Crippen LogP contribution < -0.4 is 15.2 Å². The third-order valence-corrected chi connectivity index (χ3v) is 6.26. The number of carbonyl (C=O) groups excluding carboxylic acids is 2. The number of amides is 1. The smallest absolute Gasteiger partial charge is 0.307 e. The maximum atomic E-state index is 12.6. The van der Waals surface area contributed by atoms with Gasteiger partial charge in [0.1, 0.15) is 12.4 Å². The van der Waals surface area contributed by atoms with Crippen molar-refractivity contribution < 1.29 is 19.1 Å². The summed E-state index contributed by atoms with van der Waals surface area (Å²) in [4.78, 5) is 44.0. The first-order valence-electron chi connectivity index (χ1n) is 10.1. The number of anilines is 1. The molecule has 3 heterocycles. The summed E-state index contributed by atoms with van der Waals surface area (Å²) in [6.07, 6.45) is -0.609. The van der Waals surface area contributed by atoms with Crippen LogP contribution in [0, 0.1) is 0 Å². The van der Waals surface area contributed by atoms with Crippen LogP contribution in [-0.2, 0) is 20.9 Å². The van der Waals surface area contributed by atoms with Gasteiger partial charge in [0.05, 0.1) is 28.0 Å². The van der Waals surface area contributed by atoms with E-state index in [4.69, 9.17) is 9.47 Å². The number of nitrogens with zero attached hydrogens (tertiary/aromatic N) is 3. The van der Waals surface area contributed by atoms with Crippen molar-refractivity contribution in [2.45, 2.75) is 26.1 Å². The van der Waals surface area contributed by atoms with E-state index in [-0.39, 0.29) is 31.0 Å². The Morgan fingerprint density at radius 2 is 1.94 bits per heavy atom. The molecule has 0 aliphatic carbocycles. The average molecular weight is 449 g/mol. The van der Waals surface area contributed by atoms with Crippen LogP contribution in [0.15, 0.2) is 59.4 Å². The molecule has 1 aliphatic heterocycles. The van der Waals surface area contributed by atoms with Crippen molar-refractivity contribution in [1.29, 1.82) is 0 Å². The van der Waals surface area contributed by atoms with Gasteiger partial charge in [-0.3, -0.25) is 18.8 Å². The number of esters is 1. The lowest BCUT2D eigenvalue weighted by Crippen LogP contribution is -2.45. The SMILES string of the molecule is C[C@@H]1Oc2ccccc2N(CCC(=O)OCc2cc(=O)n3c(n2)sc2ccccc23)C1=O. The number of hydrogen-bond acceptors (Lipinski definition) is 7. The number of ether oxygens (including phenoxy) is 2. The van der Waals surface area contributed by atoms with Gasteiger partial charge >= 0.3 is 5.97 Å². The minimum absolute atomic E-state index is 0.0108. The maximum absolute atomic E-state index is 12.6. The topological polar surface area (TPSA) is 90.2 Å². The first-order valence-corrected chi connectivity index (χ1v) is 11.0. The normalized spacial score (nSPS) is 15.6. The van der Waals surface area contributed by atoms with Gasteiger partial charge in [-0.05, 0) is 31.2 Å². The molecule has 0 unspecified atom stereocenters. The van der Waals surface area contributed by atoms with Crippen molar-refractivity contribution >= 4 is 44.1 Å². The highest BCUT2D eigenvalue weighted by Crippen LogP contribution is 2.33. The highest BCUT2D eigenvalue weighted by Gasteiger charge is 2.31. The number of aromatic nitrogens is 2. The minimum atomic E-state index is -0.619. The number of benzene rings is 2. The molecule has 162 valence electrons. The summed E-state index contributed by atoms with van der Waals surface area (Å²) < 4.78 is 13.4. The molecule has 0 N–H and O–H groups in total. The van der Waals surface area contributed by atoms with E-state index in [9.17, 15) is 14.4 Å². The predicted octanol–water partition coefficient (Wildman–Crippen LogP) is 3.16. The van der Waals surface area contributed by atoms with Crippen LogP contribution >= 0.6 is 11.3 Å². The molecule has 0 saturated carbocycles. The number of carbonyl (C=O) groups is 2. The molecule has 0 bridgehead atoms. The Labute approximate surface area is 186 Å². The second-order valence-corrected chi connectivity index (χ2v) is 8.41. The van der Waals surface area contributed by atoms with Gasteiger partial charge in [-0.15, -0.1) is 0 Å². The zero-order chi connectivity index (χ0) is 22.2. The fraction of sp³-hybridized carbons (Fsp3) is 0.217. The summed E-state index contributed by atoms with van der Waals surface area (Å²) in [5, 5.41) is 0. The van der Waals surface area contributed by atoms with E-state index in [2.05, 4.69) is 4.98 Å². The average Bonchev–Trinajstić information content (AvgIpc) is 3.17. The Morgan fingerprint density at radius 1 is 1.16 bits per heavy atom. The van der Waals surface area contributed by atoms with E-state index in [1.165, 1.54) is 17.4 Å². The van der Waals surface area contributed by atoms with Crippen LogP contribution in [-0.4, -0.2) is 33.9 Å². The van der Waals surface area contributed by atoms with E-state index in [1.807, 2.05) is 36.4 Å². The molecule has 0 saturated heterocycles. The Morgan fingerprint density at radius 3 is 2.81 bits per heavy atom. The first kappa shape index (κ1) is 20.2. The molecular weight excluding hydrogens is 430 g/mol. The lowest BCUT2D eigenvalue weighted by atomic mass is 10.2. The summed E-state index contributed by atoms with van der Waals surface area (Å²) in [7, 11) is 0. The molecule has 9 heteroatoms. The van der Waals surface area contributed by atoms with Crippen LogP contribution in [0.3, 0.4) is 0 Å². The van der Waals surface area contributed by atoms with Crippen molar-refractivity contribution in [2.75, 3.05) is 11.4 Å². The van der Waals surface area contributed by atoms with Crippen LogP contribution in [0.1, 0.15) is 19.0 Å². The zero-order valence-corrected chi connectivity index (χ0v) is 18.0. The number of hydrogen-bond donors (Lipinski definition) is 0. The van der Waals surface area contributed by atoms with E-state index in [0.29, 0.717) is 22.1 Å². The maximum Gasteiger partial charge on any atom is 0.307 e. The van der Waals surface area contributed by atoms with Crippen LogP contribution in [0.25, 0.3) is 15.2 Å². The Balaban J connectivity index is 1.27. The molecule has 5 rings (SSSR count). The molecule has 2 aromatic carbocycles. The lowest BCUT2D eigenvalue weighted by molar-refractivity contribution is -0.144. The second-order valence-electron chi connectivity index (χ2n) is 7.40. The van der Waals surface area contributed by atoms with Gasteiger partial charge in [0, 0.05) is 12.6 Å². The Hall–Kier alpha value is -3.72. The molecule has 8 nitrogen and oxygen atoms in total. The number of rotatable bonds is 5. The van der Waals surface area contributed by atoms with Crippen molar-refractivity contribution in [3.63, 3.8) is 0 Å². The predicted molar refractivity (Wildman–Crippen MR) is 120 cm³/mol. The molecule has 0 radical (unpaired) electrons. The van der Waals surface area contributed by atoms with E-state index in [0.717, 1.165) is 10.2 Å². The van der Waals surface area contributed by atoms with Crippen LogP contribution in [0.2, 0.25) is 0 Å². The summed E-state index contributed by atoms with van der Waals surface area (Å²) in [6.45, 7) is 1.74. The van der Waals surface area contributed by atoms with E-state index < -0.39 is 12.1 Å². The van der Waals surface area contributed by atoms with Crippen molar-refractivity contribution in [3.8, 4) is 5.75 Å². The van der Waals surface area contributed by atoms with Crippen LogP contribution in [0.5, 0.6) is 5.75 Å². The second kappa shape index (κ2) is 8.08. The third-order valence-electron chi connectivity index (χ3n) is 5.24. The van der Waals surface area contributed by atoms with Crippen molar-refractivity contribution in [1.82, 2.24) is 9.38 Å². The van der Waals surface area contributed by atoms with Gasteiger partial charge in [-0.1, -0.05) is 35.6 Å². The molecule has 32 heavy (non-hydrogen) atoms. The Kier molecular flexibility index (Phi) is 5.10. The fourth-order valence-corrected chi connectivity index (χ4v) is 4.77. The monoisotopic (exact) mass is 449 g/mol. The highest BCUT2D eigenvalue weighted by atomic mass is 32.1. The van der Waals surface area contributed by atoms with E-state index >= 15 is 0 Å². The largest absolute Gasteiger partial charge is 0.479 e. The fourth-order valence-electron chi connectivity index (χ4n) is 3.72. The Bertz CT molecular complexity index is 1410. The number of para-hydroxylation sites is 3. The molecular formula is C23H19N3O5S. The van der Waals surface area contributed by atoms with Gasteiger partial charge in [0.15, 0.2) is 11.1 Å². The molecule has 0 spiro atoms. The molecule has 2 aromatic heterocycles. The zero-order valence-electron chi connectivity index (χ0n) is 17.2. The molecule has 1 aliphatic rings. The summed E-state index contributed by atoms with van der Waals surface area (Å²) in [5.74, 6) is -0.0801. The third kappa shape index (κ3) is 3.60. The molecule has 4 aromatic rings. The van der Waals surface area contributed by atoms with Gasteiger partial charge in [0.25, 0.3) is 11.5 Å². The molecule has 1 amide bonds. The summed E-state index contributed by atoms with van der Waals surface area (Å²) in [6, 6.07) is 16.2. The van der Waals surface area contributed by atoms with Crippen molar-refractivity contribution in [3.05, 3.63) is 70.6 Å². The number of thiazole rings is 1. The van der Waals surface area contributed by atoms with Gasteiger partial charge < -0.3 is 14.4 Å². The number of fused-ring (bicyclic) bond motifs is 4. The minimum Gasteiger partial charge on any atom is -0.479 e. The molecule has 0 fully saturated rings. The summed E-state index contributed by atoms with van der Waals surface area (Å²) in [5.41, 5.74) is 1.60.